The number of aryl methyl sites for hydroxylation is 1. The lowest BCUT2D eigenvalue weighted by molar-refractivity contribution is 0.0702. The number of imidazole rings is 1. The highest BCUT2D eigenvalue weighted by atomic mass is 19.1. The Kier molecular flexibility index (Phi) is 5.38. The number of carbonyl (C=O) groups is 1. The standard InChI is InChI=1S/C25H24FN7O/c1-15-23(25(34)32-9-3-4-19(28)14-32)29-24(16-5-6-17(12-27)21(26)11-16)33(15)20-7-8-22-18(10-20)13-31(2)30-22/h5-8,10-11,13,19H,3-4,9,14,28H2,1-2H3/t19-/m1/s1. The summed E-state index contributed by atoms with van der Waals surface area (Å²) in [5.74, 6) is -0.400. The second kappa shape index (κ2) is 8.39. The molecule has 1 saturated heterocycles. The highest BCUT2D eigenvalue weighted by molar-refractivity contribution is 5.95. The van der Waals surface area contributed by atoms with E-state index in [4.69, 9.17) is 16.0 Å². The first kappa shape index (κ1) is 21.8. The van der Waals surface area contributed by atoms with Gasteiger partial charge in [0.25, 0.3) is 5.91 Å². The van der Waals surface area contributed by atoms with Crippen molar-refractivity contribution in [3.63, 3.8) is 0 Å². The number of hydrogen-bond acceptors (Lipinski definition) is 5. The number of fused-ring (bicyclic) bond motifs is 1. The third kappa shape index (κ3) is 3.72. The van der Waals surface area contributed by atoms with Crippen LogP contribution in [-0.2, 0) is 7.05 Å². The normalized spacial score (nSPS) is 16.1. The number of nitriles is 1. The minimum absolute atomic E-state index is 0.0473. The molecule has 0 aliphatic carbocycles. The molecule has 172 valence electrons. The van der Waals surface area contributed by atoms with E-state index in [1.807, 2.05) is 49.0 Å². The number of nitrogens with two attached hydrogens (primary N) is 1. The molecule has 5 rings (SSSR count). The van der Waals surface area contributed by atoms with Crippen molar-refractivity contribution in [3.8, 4) is 23.1 Å². The highest BCUT2D eigenvalue weighted by Gasteiger charge is 2.28. The predicted octanol–water partition coefficient (Wildman–Crippen LogP) is 3.31. The van der Waals surface area contributed by atoms with Gasteiger partial charge in [-0.05, 0) is 56.2 Å². The molecule has 9 heteroatoms. The quantitative estimate of drug-likeness (QED) is 0.508. The summed E-state index contributed by atoms with van der Waals surface area (Å²) in [6.45, 7) is 2.94. The summed E-state index contributed by atoms with van der Waals surface area (Å²) in [6, 6.07) is 11.9. The molecule has 1 fully saturated rings. The molecular weight excluding hydrogens is 433 g/mol. The molecule has 1 aliphatic rings. The minimum Gasteiger partial charge on any atom is -0.336 e. The molecule has 8 nitrogen and oxygen atoms in total. The van der Waals surface area contributed by atoms with E-state index >= 15 is 0 Å². The molecule has 2 N–H and O–H groups in total. The second-order valence-electron chi connectivity index (χ2n) is 8.71. The van der Waals surface area contributed by atoms with Gasteiger partial charge in [-0.2, -0.15) is 10.4 Å². The molecule has 0 unspecified atom stereocenters. The summed E-state index contributed by atoms with van der Waals surface area (Å²) < 4.78 is 18.1. The monoisotopic (exact) mass is 457 g/mol. The van der Waals surface area contributed by atoms with Crippen molar-refractivity contribution >= 4 is 16.8 Å². The Morgan fingerprint density at radius 3 is 2.82 bits per heavy atom. The average Bonchev–Trinajstić information content (AvgIpc) is 3.36. The molecule has 0 bridgehead atoms. The maximum absolute atomic E-state index is 14.5. The zero-order valence-electron chi connectivity index (χ0n) is 19.0. The van der Waals surface area contributed by atoms with E-state index in [0.29, 0.717) is 35.9 Å². The lowest BCUT2D eigenvalue weighted by Crippen LogP contribution is -2.46. The van der Waals surface area contributed by atoms with Crippen molar-refractivity contribution in [1.82, 2.24) is 24.2 Å². The van der Waals surface area contributed by atoms with Crippen LogP contribution < -0.4 is 5.73 Å². The van der Waals surface area contributed by atoms with Crippen LogP contribution in [0, 0.1) is 24.1 Å². The average molecular weight is 458 g/mol. The Hall–Kier alpha value is -4.03. The summed E-state index contributed by atoms with van der Waals surface area (Å²) in [5.41, 5.74) is 9.09. The topological polar surface area (TPSA) is 106 Å². The Labute approximate surface area is 196 Å². The Balaban J connectivity index is 1.68. The molecule has 34 heavy (non-hydrogen) atoms. The van der Waals surface area contributed by atoms with E-state index in [9.17, 15) is 9.18 Å². The number of amides is 1. The van der Waals surface area contributed by atoms with Gasteiger partial charge >= 0.3 is 0 Å². The fraction of sp³-hybridized carbons (Fsp3) is 0.280. The molecule has 1 amide bonds. The number of benzene rings is 2. The molecule has 0 saturated carbocycles. The smallest absolute Gasteiger partial charge is 0.274 e. The van der Waals surface area contributed by atoms with Crippen LogP contribution >= 0.6 is 0 Å². The summed E-state index contributed by atoms with van der Waals surface area (Å²) in [5, 5.41) is 14.5. The van der Waals surface area contributed by atoms with Crippen molar-refractivity contribution in [2.75, 3.05) is 13.1 Å². The molecule has 0 radical (unpaired) electrons. The second-order valence-corrected chi connectivity index (χ2v) is 8.71. The predicted molar refractivity (Wildman–Crippen MR) is 126 cm³/mol. The number of rotatable bonds is 3. The fourth-order valence-corrected chi connectivity index (χ4v) is 4.58. The third-order valence-corrected chi connectivity index (χ3v) is 6.26. The van der Waals surface area contributed by atoms with Crippen LogP contribution in [0.5, 0.6) is 0 Å². The zero-order chi connectivity index (χ0) is 24.0. The van der Waals surface area contributed by atoms with Gasteiger partial charge in [-0.3, -0.25) is 14.0 Å². The van der Waals surface area contributed by atoms with E-state index < -0.39 is 5.82 Å². The van der Waals surface area contributed by atoms with Gasteiger partial charge in [0.05, 0.1) is 16.8 Å². The molecular formula is C25H24FN7O. The Bertz CT molecular complexity index is 1460. The van der Waals surface area contributed by atoms with E-state index in [0.717, 1.165) is 29.4 Å². The number of carbonyl (C=O) groups excluding carboxylic acids is 1. The number of hydrogen-bond donors (Lipinski definition) is 1. The van der Waals surface area contributed by atoms with Crippen LogP contribution in [0.4, 0.5) is 4.39 Å². The Morgan fingerprint density at radius 2 is 2.09 bits per heavy atom. The zero-order valence-corrected chi connectivity index (χ0v) is 19.0. The molecule has 2 aromatic carbocycles. The van der Waals surface area contributed by atoms with Crippen molar-refractivity contribution in [3.05, 3.63) is 65.4 Å². The molecule has 1 aliphatic heterocycles. The van der Waals surface area contributed by atoms with Gasteiger partial charge < -0.3 is 10.6 Å². The third-order valence-electron chi connectivity index (χ3n) is 6.26. The van der Waals surface area contributed by atoms with E-state index in [2.05, 4.69) is 5.10 Å². The largest absolute Gasteiger partial charge is 0.336 e. The first-order chi connectivity index (χ1) is 16.4. The van der Waals surface area contributed by atoms with Crippen LogP contribution in [0.15, 0.2) is 42.6 Å². The number of halogens is 1. The molecule has 2 aromatic heterocycles. The molecule has 4 aromatic rings. The summed E-state index contributed by atoms with van der Waals surface area (Å²) >= 11 is 0. The van der Waals surface area contributed by atoms with Gasteiger partial charge in [-0.15, -0.1) is 0 Å². The van der Waals surface area contributed by atoms with Crippen LogP contribution in [-0.4, -0.2) is 49.3 Å². The maximum atomic E-state index is 14.5. The van der Waals surface area contributed by atoms with Gasteiger partial charge in [-0.25, -0.2) is 9.37 Å². The van der Waals surface area contributed by atoms with Crippen molar-refractivity contribution in [2.45, 2.75) is 25.8 Å². The van der Waals surface area contributed by atoms with Crippen LogP contribution in [0.1, 0.15) is 34.6 Å². The minimum atomic E-state index is -0.634. The van der Waals surface area contributed by atoms with E-state index in [1.54, 1.807) is 15.6 Å². The SMILES string of the molecule is Cc1c(C(=O)N2CCC[C@@H](N)C2)nc(-c2ccc(C#N)c(F)c2)n1-c1ccc2nn(C)cc2c1. The number of piperidine rings is 1. The number of aromatic nitrogens is 4. The van der Waals surface area contributed by atoms with Gasteiger partial charge in [0.15, 0.2) is 0 Å². The van der Waals surface area contributed by atoms with E-state index in [1.165, 1.54) is 12.1 Å². The van der Waals surface area contributed by atoms with E-state index in [-0.39, 0.29) is 17.5 Å². The Morgan fingerprint density at radius 1 is 1.26 bits per heavy atom. The van der Waals surface area contributed by atoms with Gasteiger partial charge in [0, 0.05) is 49.0 Å². The lowest BCUT2D eigenvalue weighted by Gasteiger charge is -2.30. The van der Waals surface area contributed by atoms with Gasteiger partial charge in [0.2, 0.25) is 0 Å². The fourth-order valence-electron chi connectivity index (χ4n) is 4.58. The molecule has 1 atom stereocenters. The van der Waals surface area contributed by atoms with Crippen molar-refractivity contribution in [1.29, 1.82) is 5.26 Å². The van der Waals surface area contributed by atoms with Crippen molar-refractivity contribution < 1.29 is 9.18 Å². The molecule has 3 heterocycles. The lowest BCUT2D eigenvalue weighted by atomic mass is 10.1. The van der Waals surface area contributed by atoms with Gasteiger partial charge in [0.1, 0.15) is 23.4 Å². The van der Waals surface area contributed by atoms with Crippen LogP contribution in [0.25, 0.3) is 28.0 Å². The molecule has 0 spiro atoms. The number of likely N-dealkylation sites (tertiary alicyclic amines) is 1. The summed E-state index contributed by atoms with van der Waals surface area (Å²) in [7, 11) is 1.85. The first-order valence-corrected chi connectivity index (χ1v) is 11.1. The highest BCUT2D eigenvalue weighted by Crippen LogP contribution is 2.30. The summed E-state index contributed by atoms with van der Waals surface area (Å²) in [6.07, 6.45) is 3.64. The van der Waals surface area contributed by atoms with Crippen LogP contribution in [0.3, 0.4) is 0 Å². The van der Waals surface area contributed by atoms with Gasteiger partial charge in [-0.1, -0.05) is 0 Å². The summed E-state index contributed by atoms with van der Waals surface area (Å²) in [4.78, 5) is 19.9. The van der Waals surface area contributed by atoms with Crippen LogP contribution in [0.2, 0.25) is 0 Å². The number of nitrogens with zero attached hydrogens (tertiary/aromatic N) is 6. The van der Waals surface area contributed by atoms with Crippen molar-refractivity contribution in [2.24, 2.45) is 12.8 Å². The maximum Gasteiger partial charge on any atom is 0.274 e. The first-order valence-electron chi connectivity index (χ1n) is 11.1.